The minimum absolute atomic E-state index is 0.165. The molecule has 0 aliphatic rings. The Hall–Kier alpha value is -1.59. The van der Waals surface area contributed by atoms with Gasteiger partial charge < -0.3 is 19.5 Å². The first-order valence-electron chi connectivity index (χ1n) is 7.21. The first kappa shape index (κ1) is 17.5. The van der Waals surface area contributed by atoms with E-state index in [1.54, 1.807) is 38.5 Å². The molecular weight excluding hydrogens is 270 g/mol. The van der Waals surface area contributed by atoms with Gasteiger partial charge in [-0.05, 0) is 37.6 Å². The molecule has 0 aromatic heterocycles. The second-order valence-electron chi connectivity index (χ2n) is 4.83. The first-order chi connectivity index (χ1) is 10.1. The number of methoxy groups -OCH3 is 2. The normalized spacial score (nSPS) is 12.2. The van der Waals surface area contributed by atoms with Crippen LogP contribution in [0.1, 0.15) is 37.0 Å². The lowest BCUT2D eigenvalue weighted by molar-refractivity contribution is -0.117. The third kappa shape index (κ3) is 5.73. The van der Waals surface area contributed by atoms with Crippen molar-refractivity contribution >= 4 is 5.91 Å². The van der Waals surface area contributed by atoms with Gasteiger partial charge in [0.25, 0.3) is 5.91 Å². The number of rotatable bonds is 9. The molecule has 0 saturated carbocycles. The van der Waals surface area contributed by atoms with Gasteiger partial charge in [0.15, 0.2) is 6.29 Å². The molecule has 0 aliphatic carbocycles. The summed E-state index contributed by atoms with van der Waals surface area (Å²) >= 11 is 0. The van der Waals surface area contributed by atoms with Crippen molar-refractivity contribution in [3.05, 3.63) is 29.8 Å². The van der Waals surface area contributed by atoms with Gasteiger partial charge in [-0.2, -0.15) is 0 Å². The molecule has 0 fully saturated rings. The lowest BCUT2D eigenvalue weighted by Gasteiger charge is -2.22. The van der Waals surface area contributed by atoms with Crippen LogP contribution in [0.2, 0.25) is 0 Å². The van der Waals surface area contributed by atoms with E-state index in [9.17, 15) is 4.79 Å². The summed E-state index contributed by atoms with van der Waals surface area (Å²) in [4.78, 5) is 12.1. The Balaban J connectivity index is 2.54. The van der Waals surface area contributed by atoms with Crippen LogP contribution in [-0.4, -0.2) is 39.1 Å². The molecule has 5 nitrogen and oxygen atoms in total. The van der Waals surface area contributed by atoms with Crippen LogP contribution in [-0.2, 0) is 9.47 Å². The van der Waals surface area contributed by atoms with Crippen LogP contribution in [0.25, 0.3) is 0 Å². The van der Waals surface area contributed by atoms with E-state index in [4.69, 9.17) is 14.2 Å². The van der Waals surface area contributed by atoms with Crippen molar-refractivity contribution in [2.45, 2.75) is 39.0 Å². The molecule has 21 heavy (non-hydrogen) atoms. The molecule has 0 heterocycles. The molecule has 1 aromatic rings. The highest BCUT2D eigenvalue weighted by atomic mass is 16.7. The van der Waals surface area contributed by atoms with E-state index in [1.165, 1.54) is 0 Å². The molecule has 5 heteroatoms. The van der Waals surface area contributed by atoms with Crippen LogP contribution in [0.15, 0.2) is 24.3 Å². The van der Waals surface area contributed by atoms with Crippen LogP contribution in [0.3, 0.4) is 0 Å². The van der Waals surface area contributed by atoms with Crippen molar-refractivity contribution in [3.8, 4) is 5.75 Å². The molecule has 0 aliphatic heterocycles. The molecule has 0 spiro atoms. The number of amides is 1. The summed E-state index contributed by atoms with van der Waals surface area (Å²) < 4.78 is 15.8. The van der Waals surface area contributed by atoms with Crippen LogP contribution in [0, 0.1) is 0 Å². The molecule has 0 radical (unpaired) electrons. The summed E-state index contributed by atoms with van der Waals surface area (Å²) in [5, 5.41) is 2.84. The fourth-order valence-corrected chi connectivity index (χ4v) is 1.90. The third-order valence-corrected chi connectivity index (χ3v) is 3.11. The Morgan fingerprint density at radius 2 is 1.81 bits per heavy atom. The molecule has 0 saturated heterocycles. The van der Waals surface area contributed by atoms with Gasteiger partial charge in [-0.15, -0.1) is 0 Å². The van der Waals surface area contributed by atoms with Gasteiger partial charge in [-0.3, -0.25) is 4.79 Å². The highest BCUT2D eigenvalue weighted by Gasteiger charge is 2.18. The zero-order chi connectivity index (χ0) is 15.7. The summed E-state index contributed by atoms with van der Waals surface area (Å²) in [6, 6.07) is 6.86. The Labute approximate surface area is 126 Å². The van der Waals surface area contributed by atoms with E-state index < -0.39 is 6.29 Å². The largest absolute Gasteiger partial charge is 0.494 e. The van der Waals surface area contributed by atoms with Gasteiger partial charge >= 0.3 is 0 Å². The number of hydrogen-bond acceptors (Lipinski definition) is 4. The van der Waals surface area contributed by atoms with Crippen LogP contribution < -0.4 is 10.1 Å². The monoisotopic (exact) mass is 295 g/mol. The quantitative estimate of drug-likeness (QED) is 0.562. The van der Waals surface area contributed by atoms with E-state index in [0.29, 0.717) is 12.2 Å². The number of carbonyl (C=O) groups excluding carboxylic acids is 1. The molecule has 1 unspecified atom stereocenters. The molecule has 1 N–H and O–H groups in total. The third-order valence-electron chi connectivity index (χ3n) is 3.11. The fraction of sp³-hybridized carbons (Fsp3) is 0.562. The van der Waals surface area contributed by atoms with Crippen LogP contribution in [0.4, 0.5) is 0 Å². The summed E-state index contributed by atoms with van der Waals surface area (Å²) in [7, 11) is 3.08. The maximum absolute atomic E-state index is 12.1. The van der Waals surface area contributed by atoms with Crippen molar-refractivity contribution in [2.24, 2.45) is 0 Å². The number of benzene rings is 1. The van der Waals surface area contributed by atoms with Crippen LogP contribution in [0.5, 0.6) is 5.75 Å². The standard InChI is InChI=1S/C16H25NO4/c1-5-6-11-21-14-9-7-13(8-10-14)15(18)17-12(2)16(19-3)20-4/h7-10,12,16H,5-6,11H2,1-4H3,(H,17,18). The van der Waals surface area contributed by atoms with Crippen molar-refractivity contribution in [2.75, 3.05) is 20.8 Å². The number of nitrogens with one attached hydrogen (secondary N) is 1. The van der Waals surface area contributed by atoms with Crippen molar-refractivity contribution < 1.29 is 19.0 Å². The minimum atomic E-state index is -0.467. The van der Waals surface area contributed by atoms with Crippen molar-refractivity contribution in [1.82, 2.24) is 5.32 Å². The molecule has 118 valence electrons. The van der Waals surface area contributed by atoms with E-state index in [1.807, 2.05) is 6.92 Å². The van der Waals surface area contributed by atoms with Gasteiger partial charge in [0, 0.05) is 19.8 Å². The number of hydrogen-bond donors (Lipinski definition) is 1. The Bertz CT molecular complexity index is 415. The predicted octanol–water partition coefficient (Wildman–Crippen LogP) is 2.60. The summed E-state index contributed by atoms with van der Waals surface area (Å²) in [6.45, 7) is 4.64. The highest BCUT2D eigenvalue weighted by Crippen LogP contribution is 2.13. The second-order valence-corrected chi connectivity index (χ2v) is 4.83. The number of unbranched alkanes of at least 4 members (excludes halogenated alkanes) is 1. The summed E-state index contributed by atoms with van der Waals surface area (Å²) in [5.74, 6) is 0.612. The number of carbonyl (C=O) groups is 1. The van der Waals surface area contributed by atoms with Crippen LogP contribution >= 0.6 is 0 Å². The molecule has 0 bridgehead atoms. The second kappa shape index (κ2) is 9.37. The lowest BCUT2D eigenvalue weighted by Crippen LogP contribution is -2.42. The fourth-order valence-electron chi connectivity index (χ4n) is 1.90. The zero-order valence-corrected chi connectivity index (χ0v) is 13.2. The number of ether oxygens (including phenoxy) is 3. The summed E-state index contributed by atoms with van der Waals surface area (Å²) in [5.41, 5.74) is 0.579. The van der Waals surface area contributed by atoms with Crippen molar-refractivity contribution in [1.29, 1.82) is 0 Å². The van der Waals surface area contributed by atoms with E-state index in [2.05, 4.69) is 12.2 Å². The molecule has 1 rings (SSSR count). The smallest absolute Gasteiger partial charge is 0.251 e. The Morgan fingerprint density at radius 3 is 2.33 bits per heavy atom. The van der Waals surface area contributed by atoms with Gasteiger partial charge in [0.1, 0.15) is 5.75 Å². The van der Waals surface area contributed by atoms with E-state index >= 15 is 0 Å². The predicted molar refractivity (Wildman–Crippen MR) is 81.6 cm³/mol. The van der Waals surface area contributed by atoms with Crippen molar-refractivity contribution in [3.63, 3.8) is 0 Å². The summed E-state index contributed by atoms with van der Waals surface area (Å²) in [6.07, 6.45) is 1.65. The Kier molecular flexibility index (Phi) is 7.79. The van der Waals surface area contributed by atoms with Gasteiger partial charge in [0.05, 0.1) is 12.6 Å². The molecule has 1 aromatic carbocycles. The first-order valence-corrected chi connectivity index (χ1v) is 7.21. The Morgan fingerprint density at radius 1 is 1.19 bits per heavy atom. The van der Waals surface area contributed by atoms with Gasteiger partial charge in [0.2, 0.25) is 0 Å². The van der Waals surface area contributed by atoms with Gasteiger partial charge in [-0.25, -0.2) is 0 Å². The van der Waals surface area contributed by atoms with E-state index in [0.717, 1.165) is 18.6 Å². The average Bonchev–Trinajstić information content (AvgIpc) is 2.49. The molecule has 1 atom stereocenters. The maximum atomic E-state index is 12.1. The molecular formula is C16H25NO4. The zero-order valence-electron chi connectivity index (χ0n) is 13.2. The topological polar surface area (TPSA) is 56.8 Å². The SMILES string of the molecule is CCCCOc1ccc(C(=O)NC(C)C(OC)OC)cc1. The average molecular weight is 295 g/mol. The van der Waals surface area contributed by atoms with Gasteiger partial charge in [-0.1, -0.05) is 13.3 Å². The lowest BCUT2D eigenvalue weighted by atomic mass is 10.2. The highest BCUT2D eigenvalue weighted by molar-refractivity contribution is 5.94. The minimum Gasteiger partial charge on any atom is -0.494 e. The van der Waals surface area contributed by atoms with E-state index in [-0.39, 0.29) is 11.9 Å². The molecule has 1 amide bonds. The maximum Gasteiger partial charge on any atom is 0.251 e.